The van der Waals surface area contributed by atoms with Crippen LogP contribution in [0.1, 0.15) is 16.1 Å². The van der Waals surface area contributed by atoms with Gasteiger partial charge in [0.15, 0.2) is 17.5 Å². The summed E-state index contributed by atoms with van der Waals surface area (Å²) in [6.07, 6.45) is 4.31. The molecule has 19 heavy (non-hydrogen) atoms. The highest BCUT2D eigenvalue weighted by molar-refractivity contribution is 5.94. The van der Waals surface area contributed by atoms with Gasteiger partial charge in [-0.2, -0.15) is 0 Å². The minimum atomic E-state index is -1.67. The van der Waals surface area contributed by atoms with Crippen LogP contribution < -0.4 is 5.32 Å². The predicted octanol–water partition coefficient (Wildman–Crippen LogP) is 1.82. The fourth-order valence-corrected chi connectivity index (χ4v) is 1.39. The van der Waals surface area contributed by atoms with Crippen LogP contribution in [-0.4, -0.2) is 15.9 Å². The van der Waals surface area contributed by atoms with Crippen LogP contribution in [0, 0.1) is 17.5 Å². The predicted molar refractivity (Wildman–Crippen MR) is 59.5 cm³/mol. The molecule has 7 heteroatoms. The van der Waals surface area contributed by atoms with Crippen LogP contribution in [-0.2, 0) is 6.54 Å². The second-order valence-electron chi connectivity index (χ2n) is 3.60. The number of carbonyl (C=O) groups excluding carboxylic acids is 1. The van der Waals surface area contributed by atoms with Crippen molar-refractivity contribution in [2.45, 2.75) is 6.54 Å². The molecular formula is C12H8F3N3O. The van der Waals surface area contributed by atoms with Crippen LogP contribution in [0.4, 0.5) is 13.2 Å². The van der Waals surface area contributed by atoms with Gasteiger partial charge in [-0.05, 0) is 12.1 Å². The number of hydrogen-bond donors (Lipinski definition) is 1. The summed E-state index contributed by atoms with van der Waals surface area (Å²) in [5.41, 5.74) is -0.110. The van der Waals surface area contributed by atoms with Crippen LogP contribution in [0.3, 0.4) is 0 Å². The van der Waals surface area contributed by atoms with E-state index in [1.807, 2.05) is 0 Å². The van der Waals surface area contributed by atoms with Crippen LogP contribution >= 0.6 is 0 Å². The number of hydrogen-bond acceptors (Lipinski definition) is 3. The van der Waals surface area contributed by atoms with Gasteiger partial charge in [-0.25, -0.2) is 13.2 Å². The van der Waals surface area contributed by atoms with E-state index in [4.69, 9.17) is 0 Å². The summed E-state index contributed by atoms with van der Waals surface area (Å²) >= 11 is 0. The molecule has 0 radical (unpaired) electrons. The Morgan fingerprint density at radius 1 is 1.16 bits per heavy atom. The van der Waals surface area contributed by atoms with Crippen molar-refractivity contribution in [3.05, 3.63) is 59.4 Å². The standard InChI is InChI=1S/C12H8F3N3O/c13-9-2-1-8(10(14)11(9)15)12(19)18-6-7-5-16-3-4-17-7/h1-5H,6H2,(H,18,19). The molecule has 2 rings (SSSR count). The van der Waals surface area contributed by atoms with E-state index in [2.05, 4.69) is 15.3 Å². The molecule has 0 spiro atoms. The summed E-state index contributed by atoms with van der Waals surface area (Å²) in [4.78, 5) is 19.3. The van der Waals surface area contributed by atoms with Gasteiger partial charge in [0, 0.05) is 12.4 Å². The Morgan fingerprint density at radius 2 is 1.95 bits per heavy atom. The molecule has 4 nitrogen and oxygen atoms in total. The smallest absolute Gasteiger partial charge is 0.254 e. The zero-order valence-corrected chi connectivity index (χ0v) is 9.53. The average molecular weight is 267 g/mol. The van der Waals surface area contributed by atoms with Crippen molar-refractivity contribution in [3.63, 3.8) is 0 Å². The largest absolute Gasteiger partial charge is 0.346 e. The van der Waals surface area contributed by atoms with Crippen LogP contribution in [0.15, 0.2) is 30.7 Å². The summed E-state index contributed by atoms with van der Waals surface area (Å²) in [5, 5.41) is 2.33. The number of nitrogens with zero attached hydrogens (tertiary/aromatic N) is 2. The molecule has 2 aromatic rings. The van der Waals surface area contributed by atoms with E-state index in [-0.39, 0.29) is 6.54 Å². The molecule has 0 aliphatic heterocycles. The third-order valence-corrected chi connectivity index (χ3v) is 2.33. The quantitative estimate of drug-likeness (QED) is 0.863. The minimum Gasteiger partial charge on any atom is -0.346 e. The van der Waals surface area contributed by atoms with Crippen molar-refractivity contribution in [2.24, 2.45) is 0 Å². The highest BCUT2D eigenvalue weighted by Crippen LogP contribution is 2.15. The van der Waals surface area contributed by atoms with Crippen LogP contribution in [0.25, 0.3) is 0 Å². The lowest BCUT2D eigenvalue weighted by atomic mass is 10.2. The molecule has 0 bridgehead atoms. The van der Waals surface area contributed by atoms with Gasteiger partial charge in [0.2, 0.25) is 0 Å². The van der Waals surface area contributed by atoms with E-state index < -0.39 is 28.9 Å². The zero-order valence-electron chi connectivity index (χ0n) is 9.53. The van der Waals surface area contributed by atoms with Crippen molar-refractivity contribution >= 4 is 5.91 Å². The summed E-state index contributed by atoms with van der Waals surface area (Å²) in [7, 11) is 0. The van der Waals surface area contributed by atoms with Crippen molar-refractivity contribution in [1.29, 1.82) is 0 Å². The van der Waals surface area contributed by atoms with Gasteiger partial charge < -0.3 is 5.32 Å². The first-order chi connectivity index (χ1) is 9.09. The van der Waals surface area contributed by atoms with E-state index in [1.54, 1.807) is 0 Å². The van der Waals surface area contributed by atoms with Crippen molar-refractivity contribution in [3.8, 4) is 0 Å². The van der Waals surface area contributed by atoms with E-state index in [9.17, 15) is 18.0 Å². The Morgan fingerprint density at radius 3 is 2.63 bits per heavy atom. The van der Waals surface area contributed by atoms with Gasteiger partial charge in [-0.1, -0.05) is 0 Å². The van der Waals surface area contributed by atoms with Gasteiger partial charge in [0.1, 0.15) is 0 Å². The van der Waals surface area contributed by atoms with E-state index in [0.717, 1.165) is 6.07 Å². The molecule has 1 heterocycles. The lowest BCUT2D eigenvalue weighted by Crippen LogP contribution is -2.25. The number of halogens is 3. The monoisotopic (exact) mass is 267 g/mol. The Balaban J connectivity index is 2.11. The molecule has 0 fully saturated rings. The number of amides is 1. The number of nitrogens with one attached hydrogen (secondary N) is 1. The van der Waals surface area contributed by atoms with E-state index in [1.165, 1.54) is 18.6 Å². The summed E-state index contributed by atoms with van der Waals surface area (Å²) in [6.45, 7) is 0.00507. The van der Waals surface area contributed by atoms with Gasteiger partial charge in [0.25, 0.3) is 5.91 Å². The Hall–Kier alpha value is -2.44. The van der Waals surface area contributed by atoms with Crippen LogP contribution in [0.2, 0.25) is 0 Å². The fourth-order valence-electron chi connectivity index (χ4n) is 1.39. The molecule has 0 aliphatic carbocycles. The second-order valence-corrected chi connectivity index (χ2v) is 3.60. The topological polar surface area (TPSA) is 54.9 Å². The fraction of sp³-hybridized carbons (Fsp3) is 0.0833. The van der Waals surface area contributed by atoms with Crippen molar-refractivity contribution < 1.29 is 18.0 Å². The number of benzene rings is 1. The van der Waals surface area contributed by atoms with Gasteiger partial charge in [-0.3, -0.25) is 14.8 Å². The lowest BCUT2D eigenvalue weighted by Gasteiger charge is -2.06. The lowest BCUT2D eigenvalue weighted by molar-refractivity contribution is 0.0945. The molecule has 0 saturated carbocycles. The molecule has 0 saturated heterocycles. The Bertz CT molecular complexity index is 605. The van der Waals surface area contributed by atoms with Crippen LogP contribution in [0.5, 0.6) is 0 Å². The number of carbonyl (C=O) groups is 1. The maximum atomic E-state index is 13.3. The first-order valence-electron chi connectivity index (χ1n) is 5.26. The average Bonchev–Trinajstić information content (AvgIpc) is 2.43. The minimum absolute atomic E-state index is 0.00507. The first kappa shape index (κ1) is 13.0. The van der Waals surface area contributed by atoms with Gasteiger partial charge >= 0.3 is 0 Å². The van der Waals surface area contributed by atoms with Crippen molar-refractivity contribution in [1.82, 2.24) is 15.3 Å². The maximum absolute atomic E-state index is 13.3. The SMILES string of the molecule is O=C(NCc1cnccn1)c1ccc(F)c(F)c1F. The van der Waals surface area contributed by atoms with E-state index in [0.29, 0.717) is 11.8 Å². The molecule has 98 valence electrons. The molecular weight excluding hydrogens is 259 g/mol. The van der Waals surface area contributed by atoms with E-state index >= 15 is 0 Å². The number of rotatable bonds is 3. The third-order valence-electron chi connectivity index (χ3n) is 2.33. The first-order valence-corrected chi connectivity index (χ1v) is 5.26. The summed E-state index contributed by atoms with van der Waals surface area (Å²) in [5.74, 6) is -5.39. The summed E-state index contributed by atoms with van der Waals surface area (Å²) in [6, 6.07) is 1.56. The highest BCUT2D eigenvalue weighted by Gasteiger charge is 2.18. The van der Waals surface area contributed by atoms with Crippen molar-refractivity contribution in [2.75, 3.05) is 0 Å². The normalized spacial score (nSPS) is 10.3. The molecule has 1 N–H and O–H groups in total. The second kappa shape index (κ2) is 5.47. The summed E-state index contributed by atoms with van der Waals surface area (Å²) < 4.78 is 39.0. The maximum Gasteiger partial charge on any atom is 0.254 e. The number of aromatic nitrogens is 2. The molecule has 1 aromatic heterocycles. The zero-order chi connectivity index (χ0) is 13.8. The molecule has 1 aromatic carbocycles. The Labute approximate surface area is 106 Å². The molecule has 0 aliphatic rings. The van der Waals surface area contributed by atoms with Gasteiger partial charge in [-0.15, -0.1) is 0 Å². The third kappa shape index (κ3) is 2.87. The molecule has 0 unspecified atom stereocenters. The van der Waals surface area contributed by atoms with Gasteiger partial charge in [0.05, 0.1) is 24.0 Å². The Kier molecular flexibility index (Phi) is 3.74. The highest BCUT2D eigenvalue weighted by atomic mass is 19.2. The molecule has 0 atom stereocenters. The molecule has 1 amide bonds.